The van der Waals surface area contributed by atoms with Gasteiger partial charge in [-0.3, -0.25) is 38.4 Å². The van der Waals surface area contributed by atoms with Gasteiger partial charge in [0, 0.05) is 26.5 Å². The van der Waals surface area contributed by atoms with Crippen molar-refractivity contribution in [2.75, 3.05) is 26.3 Å². The number of aliphatic hydroxyl groups excluding tert-OH is 2. The summed E-state index contributed by atoms with van der Waals surface area (Å²) in [6.45, 7) is 7.32. The summed E-state index contributed by atoms with van der Waals surface area (Å²) in [6, 6.07) is -6.76. The number of carbonyl (C=O) groups excluding carboxylic acids is 7. The van der Waals surface area contributed by atoms with E-state index in [0.29, 0.717) is 38.6 Å². The van der Waals surface area contributed by atoms with Crippen molar-refractivity contribution in [2.45, 2.75) is 159 Å². The molecule has 0 unspecified atom stereocenters. The summed E-state index contributed by atoms with van der Waals surface area (Å²) in [7, 11) is 0. The van der Waals surface area contributed by atoms with Gasteiger partial charge in [0.1, 0.15) is 60.7 Å². The molecule has 1 heterocycles. The third-order valence-electron chi connectivity index (χ3n) is 9.42. The molecule has 0 saturated carbocycles. The van der Waals surface area contributed by atoms with Crippen LogP contribution >= 0.6 is 0 Å². The van der Waals surface area contributed by atoms with Gasteiger partial charge in [0.15, 0.2) is 6.29 Å². The van der Waals surface area contributed by atoms with E-state index in [1.807, 2.05) is 6.92 Å². The molecule has 0 radical (unpaired) electrons. The van der Waals surface area contributed by atoms with E-state index >= 15 is 0 Å². The Hall–Kier alpha value is -4.52. The Kier molecular flexibility index (Phi) is 25.0. The number of rotatable bonds is 29. The van der Waals surface area contributed by atoms with Gasteiger partial charge in [-0.05, 0) is 78.7 Å². The molecular weight excluding hydrogens is 794 g/mol. The van der Waals surface area contributed by atoms with E-state index in [1.165, 1.54) is 27.7 Å². The second-order valence-corrected chi connectivity index (χ2v) is 14.7. The highest BCUT2D eigenvalue weighted by molar-refractivity contribution is 5.93. The lowest BCUT2D eigenvalue weighted by Gasteiger charge is -2.44. The summed E-state index contributed by atoms with van der Waals surface area (Å²) in [6.07, 6.45) is -4.10. The molecule has 1 aliphatic rings. The minimum Gasteiger partial charge on any atom is -0.480 e. The maximum Gasteiger partial charge on any atom is 0.320 e. The number of aliphatic carboxylic acids is 1. The number of nitrogens with one attached hydrogen (secondary N) is 6. The maximum absolute atomic E-state index is 13.1. The van der Waals surface area contributed by atoms with Crippen molar-refractivity contribution in [1.29, 1.82) is 0 Å². The van der Waals surface area contributed by atoms with E-state index < -0.39 is 121 Å². The topological polar surface area (TPSA) is 375 Å². The molecule has 0 aromatic rings. The Labute approximate surface area is 349 Å². The summed E-state index contributed by atoms with van der Waals surface area (Å²) < 4.78 is 17.2. The lowest BCUT2D eigenvalue weighted by molar-refractivity contribution is -0.280. The third-order valence-corrected chi connectivity index (χ3v) is 9.42. The molecule has 11 atom stereocenters. The van der Waals surface area contributed by atoms with Gasteiger partial charge in [-0.2, -0.15) is 0 Å². The Morgan fingerprint density at radius 2 is 1.45 bits per heavy atom. The van der Waals surface area contributed by atoms with Gasteiger partial charge in [0.05, 0.1) is 6.61 Å². The fourth-order valence-electron chi connectivity index (χ4n) is 5.93. The van der Waals surface area contributed by atoms with Gasteiger partial charge in [0.25, 0.3) is 0 Å². The molecule has 1 aliphatic heterocycles. The predicted molar refractivity (Wildman–Crippen MR) is 213 cm³/mol. The molecule has 7 amide bonds. The predicted octanol–water partition coefficient (Wildman–Crippen LogP) is -4.16. The van der Waals surface area contributed by atoms with Gasteiger partial charge in [-0.1, -0.05) is 6.92 Å². The number of primary amides is 1. The van der Waals surface area contributed by atoms with Crippen LogP contribution in [0.3, 0.4) is 0 Å². The molecule has 1 saturated heterocycles. The lowest BCUT2D eigenvalue weighted by Crippen LogP contribution is -2.66. The number of amides is 7. The van der Waals surface area contributed by atoms with E-state index in [9.17, 15) is 48.6 Å². The quantitative estimate of drug-likeness (QED) is 0.0318. The summed E-state index contributed by atoms with van der Waals surface area (Å²) in [5, 5.41) is 44.8. The fraction of sp³-hybridized carbons (Fsp3) is 0.784. The molecule has 0 spiro atoms. The number of nitrogens with two attached hydrogens (primary N) is 3. The first-order valence-corrected chi connectivity index (χ1v) is 20.2. The smallest absolute Gasteiger partial charge is 0.320 e. The number of aliphatic hydroxyl groups is 2. The second kappa shape index (κ2) is 28.1. The van der Waals surface area contributed by atoms with Crippen molar-refractivity contribution < 1.29 is 67.9 Å². The summed E-state index contributed by atoms with van der Waals surface area (Å²) in [5.74, 6) is -6.07. The summed E-state index contributed by atoms with van der Waals surface area (Å²) >= 11 is 0. The highest BCUT2D eigenvalue weighted by atomic mass is 16.7. The minimum absolute atomic E-state index is 0.179. The highest BCUT2D eigenvalue weighted by Gasteiger charge is 2.48. The van der Waals surface area contributed by atoms with Gasteiger partial charge in [0.2, 0.25) is 41.4 Å². The SMILES string of the molecule is CCCO[C@H]1O[C@H](CO)[C@@H](O)[C@H](O[C@H](C)C(=O)N[C@@H](C)C(=O)N[C@H](CCC(=O)N[C@@H](CCCCN)C(=O)N[C@H](C)C(=O)NCCCC[C@H](N)C(=O)O)C(N)=O)[C@H]1NC(C)=O. The normalized spacial score (nSPS) is 21.8. The molecule has 0 aliphatic carbocycles. The lowest BCUT2D eigenvalue weighted by atomic mass is 9.96. The zero-order valence-electron chi connectivity index (χ0n) is 35.1. The first kappa shape index (κ1) is 53.5. The molecular formula is C37H67N9O14. The molecule has 1 rings (SSSR count). The van der Waals surface area contributed by atoms with Crippen LogP contribution in [0.15, 0.2) is 0 Å². The van der Waals surface area contributed by atoms with Crippen LogP contribution < -0.4 is 49.1 Å². The molecule has 23 nitrogen and oxygen atoms in total. The average molecular weight is 862 g/mol. The van der Waals surface area contributed by atoms with Gasteiger partial charge in [-0.25, -0.2) is 0 Å². The number of hydrogen-bond acceptors (Lipinski definition) is 15. The zero-order valence-corrected chi connectivity index (χ0v) is 35.1. The molecule has 344 valence electrons. The first-order valence-electron chi connectivity index (χ1n) is 20.2. The number of carboxylic acids is 1. The van der Waals surface area contributed by atoms with E-state index in [2.05, 4.69) is 31.9 Å². The van der Waals surface area contributed by atoms with Gasteiger partial charge < -0.3 is 78.6 Å². The van der Waals surface area contributed by atoms with Gasteiger partial charge >= 0.3 is 5.97 Å². The van der Waals surface area contributed by atoms with Crippen LogP contribution in [-0.2, 0) is 52.6 Å². The second-order valence-electron chi connectivity index (χ2n) is 14.7. The zero-order chi connectivity index (χ0) is 45.5. The molecule has 1 fully saturated rings. The van der Waals surface area contributed by atoms with Crippen LogP contribution in [0, 0.1) is 0 Å². The van der Waals surface area contributed by atoms with Crippen LogP contribution in [-0.4, -0.2) is 156 Å². The number of ether oxygens (including phenoxy) is 3. The van der Waals surface area contributed by atoms with Crippen molar-refractivity contribution >= 4 is 47.3 Å². The van der Waals surface area contributed by atoms with Crippen LogP contribution in [0.5, 0.6) is 0 Å². The standard InChI is InChI=1S/C37H67N9O14/c1-6-17-58-37-28(44-22(5)48)30(29(50)26(18-47)60-37)59-21(4)34(54)42-20(3)33(53)46-24(31(40)51)13-14-27(49)45-25(12-7-9-15-38)35(55)43-19(2)32(52)41-16-10-8-11-23(39)36(56)57/h19-21,23-26,28-30,37,47,50H,6-18,38-39H2,1-5H3,(H2,40,51)(H,41,52)(H,42,54)(H,43,55)(H,44,48)(H,45,49)(H,46,53)(H,56,57)/t19-,20+,21-,23+,24-,25+,26-,28-,29-,30-,37+/m1/s1. The van der Waals surface area contributed by atoms with Crippen molar-refractivity contribution in [1.82, 2.24) is 31.9 Å². The van der Waals surface area contributed by atoms with Crippen LogP contribution in [0.4, 0.5) is 0 Å². The van der Waals surface area contributed by atoms with E-state index in [0.717, 1.165) is 0 Å². The summed E-state index contributed by atoms with van der Waals surface area (Å²) in [5.41, 5.74) is 16.6. The van der Waals surface area contributed by atoms with Crippen molar-refractivity contribution in [3.63, 3.8) is 0 Å². The van der Waals surface area contributed by atoms with Crippen molar-refractivity contribution in [3.8, 4) is 0 Å². The average Bonchev–Trinajstić information content (AvgIpc) is 3.18. The number of hydrogen-bond donors (Lipinski definition) is 12. The van der Waals surface area contributed by atoms with Crippen LogP contribution in [0.25, 0.3) is 0 Å². The maximum atomic E-state index is 13.1. The van der Waals surface area contributed by atoms with Crippen LogP contribution in [0.1, 0.15) is 92.4 Å². The molecule has 23 heteroatoms. The Balaban J connectivity index is 2.82. The molecule has 0 bridgehead atoms. The Bertz CT molecular complexity index is 1430. The third kappa shape index (κ3) is 19.2. The highest BCUT2D eigenvalue weighted by Crippen LogP contribution is 2.26. The van der Waals surface area contributed by atoms with E-state index in [4.69, 9.17) is 36.5 Å². The summed E-state index contributed by atoms with van der Waals surface area (Å²) in [4.78, 5) is 100. The molecule has 0 aromatic heterocycles. The number of unbranched alkanes of at least 4 members (excludes halogenated alkanes) is 2. The monoisotopic (exact) mass is 861 g/mol. The molecule has 15 N–H and O–H groups in total. The number of carbonyl (C=O) groups is 8. The largest absolute Gasteiger partial charge is 0.480 e. The van der Waals surface area contributed by atoms with Crippen molar-refractivity contribution in [3.05, 3.63) is 0 Å². The van der Waals surface area contributed by atoms with Crippen LogP contribution in [0.2, 0.25) is 0 Å². The van der Waals surface area contributed by atoms with E-state index in [-0.39, 0.29) is 38.8 Å². The fourth-order valence-corrected chi connectivity index (χ4v) is 5.93. The molecule has 60 heavy (non-hydrogen) atoms. The Morgan fingerprint density at radius 1 is 0.817 bits per heavy atom. The Morgan fingerprint density at radius 3 is 2.03 bits per heavy atom. The van der Waals surface area contributed by atoms with Gasteiger partial charge in [-0.15, -0.1) is 0 Å². The molecule has 0 aromatic carbocycles. The van der Waals surface area contributed by atoms with E-state index in [1.54, 1.807) is 0 Å². The minimum atomic E-state index is -1.50. The number of carboxylic acid groups (broad SMARTS) is 1. The first-order chi connectivity index (χ1) is 28.3. The van der Waals surface area contributed by atoms with Crippen molar-refractivity contribution in [2.24, 2.45) is 17.2 Å².